The first-order valence-corrected chi connectivity index (χ1v) is 12.9. The lowest BCUT2D eigenvalue weighted by atomic mass is 9.78. The Morgan fingerprint density at radius 1 is 1.15 bits per heavy atom. The molecule has 0 bridgehead atoms. The van der Waals surface area contributed by atoms with Crippen molar-refractivity contribution < 1.29 is 19.1 Å². The first-order chi connectivity index (χ1) is 16.1. The summed E-state index contributed by atoms with van der Waals surface area (Å²) in [5, 5.41) is 0. The van der Waals surface area contributed by atoms with Gasteiger partial charge in [0.05, 0.1) is 13.0 Å². The van der Waals surface area contributed by atoms with E-state index in [1.165, 1.54) is 0 Å². The Hall–Kier alpha value is -2.14. The van der Waals surface area contributed by atoms with Gasteiger partial charge in [0, 0.05) is 29.7 Å². The van der Waals surface area contributed by atoms with Gasteiger partial charge in [-0.2, -0.15) is 0 Å². The molecule has 1 fully saturated rings. The van der Waals surface area contributed by atoms with Gasteiger partial charge in [-0.05, 0) is 70.8 Å². The minimum absolute atomic E-state index is 0.0566. The fourth-order valence-electron chi connectivity index (χ4n) is 4.52. The lowest BCUT2D eigenvalue weighted by Crippen LogP contribution is -2.30. The van der Waals surface area contributed by atoms with Crippen LogP contribution in [-0.2, 0) is 25.7 Å². The van der Waals surface area contributed by atoms with E-state index in [1.807, 2.05) is 51.1 Å². The third kappa shape index (κ3) is 10.0. The number of benzene rings is 1. The van der Waals surface area contributed by atoms with E-state index in [-0.39, 0.29) is 30.0 Å². The zero-order valence-electron chi connectivity index (χ0n) is 21.9. The second kappa shape index (κ2) is 13.7. The zero-order valence-corrected chi connectivity index (χ0v) is 21.9. The van der Waals surface area contributed by atoms with Gasteiger partial charge in [0.1, 0.15) is 5.60 Å². The fraction of sp³-hybridized carbons (Fsp3) is 0.655. The number of esters is 1. The van der Waals surface area contributed by atoms with Crippen LogP contribution in [0.2, 0.25) is 0 Å². The maximum Gasteiger partial charge on any atom is 0.306 e. The molecule has 5 nitrogen and oxygen atoms in total. The number of carbonyl (C=O) groups is 2. The first kappa shape index (κ1) is 28.1. The third-order valence-corrected chi connectivity index (χ3v) is 6.31. The molecule has 1 saturated carbocycles. The molecular weight excluding hydrogens is 426 g/mol. The number of hydrogen-bond donors (Lipinski definition) is 1. The summed E-state index contributed by atoms with van der Waals surface area (Å²) < 4.78 is 11.4. The van der Waals surface area contributed by atoms with Crippen LogP contribution < -0.4 is 5.73 Å². The minimum atomic E-state index is -0.551. The molecule has 2 N–H and O–H groups in total. The van der Waals surface area contributed by atoms with E-state index in [9.17, 15) is 9.59 Å². The molecule has 34 heavy (non-hydrogen) atoms. The highest BCUT2D eigenvalue weighted by Crippen LogP contribution is 2.33. The normalized spacial score (nSPS) is 19.2. The van der Waals surface area contributed by atoms with Crippen molar-refractivity contribution in [2.24, 2.45) is 23.5 Å². The predicted molar refractivity (Wildman–Crippen MR) is 137 cm³/mol. The number of rotatable bonds is 12. The summed E-state index contributed by atoms with van der Waals surface area (Å²) in [5.41, 5.74) is 8.55. The maximum absolute atomic E-state index is 13.3. The zero-order chi connectivity index (χ0) is 25.1. The van der Waals surface area contributed by atoms with Crippen molar-refractivity contribution in [2.75, 3.05) is 6.61 Å². The largest absolute Gasteiger partial charge is 0.460 e. The van der Waals surface area contributed by atoms with Gasteiger partial charge in [0.15, 0.2) is 5.78 Å². The Bertz CT molecular complexity index is 807. The van der Waals surface area contributed by atoms with Crippen molar-refractivity contribution in [3.63, 3.8) is 0 Å². The van der Waals surface area contributed by atoms with E-state index in [0.29, 0.717) is 37.7 Å². The molecule has 1 aliphatic carbocycles. The van der Waals surface area contributed by atoms with Crippen LogP contribution in [0.5, 0.6) is 0 Å². The lowest BCUT2D eigenvalue weighted by Gasteiger charge is -2.28. The van der Waals surface area contributed by atoms with Crippen molar-refractivity contribution in [1.82, 2.24) is 0 Å². The third-order valence-electron chi connectivity index (χ3n) is 6.31. The SMILES string of the molecule is CC(C)CCC1CCCC(=C(N)[C@@H](CCCOCc2ccccc2)CC(=O)OC(C)(C)C)C1=O. The van der Waals surface area contributed by atoms with Crippen LogP contribution in [0.25, 0.3) is 0 Å². The molecule has 1 aliphatic rings. The number of ether oxygens (including phenoxy) is 2. The van der Waals surface area contributed by atoms with Gasteiger partial charge in [0.25, 0.3) is 0 Å². The van der Waals surface area contributed by atoms with Crippen LogP contribution in [0, 0.1) is 17.8 Å². The summed E-state index contributed by atoms with van der Waals surface area (Å²) in [5.74, 6) is 0.346. The Morgan fingerprint density at radius 3 is 2.50 bits per heavy atom. The van der Waals surface area contributed by atoms with Crippen LogP contribution in [0.1, 0.15) is 91.5 Å². The fourth-order valence-corrected chi connectivity index (χ4v) is 4.52. The van der Waals surface area contributed by atoms with E-state index in [4.69, 9.17) is 15.2 Å². The molecular formula is C29H45NO4. The summed E-state index contributed by atoms with van der Waals surface area (Å²) in [6.07, 6.45) is 6.22. The molecule has 1 aromatic rings. The van der Waals surface area contributed by atoms with E-state index in [2.05, 4.69) is 13.8 Å². The summed E-state index contributed by atoms with van der Waals surface area (Å²) >= 11 is 0. The summed E-state index contributed by atoms with van der Waals surface area (Å²) in [4.78, 5) is 25.9. The highest BCUT2D eigenvalue weighted by Gasteiger charge is 2.31. The average Bonchev–Trinajstić information content (AvgIpc) is 2.76. The predicted octanol–water partition coefficient (Wildman–Crippen LogP) is 6.35. The highest BCUT2D eigenvalue weighted by atomic mass is 16.6. The number of carbonyl (C=O) groups excluding carboxylic acids is 2. The van der Waals surface area contributed by atoms with Crippen LogP contribution in [0.15, 0.2) is 41.6 Å². The van der Waals surface area contributed by atoms with Crippen molar-refractivity contribution in [3.05, 3.63) is 47.2 Å². The van der Waals surface area contributed by atoms with Crippen molar-refractivity contribution in [1.29, 1.82) is 0 Å². The summed E-state index contributed by atoms with van der Waals surface area (Å²) in [7, 11) is 0. The Morgan fingerprint density at radius 2 is 1.85 bits per heavy atom. The van der Waals surface area contributed by atoms with Crippen LogP contribution >= 0.6 is 0 Å². The molecule has 0 aliphatic heterocycles. The quantitative estimate of drug-likeness (QED) is 0.218. The van der Waals surface area contributed by atoms with Crippen molar-refractivity contribution in [3.8, 4) is 0 Å². The molecule has 0 spiro atoms. The highest BCUT2D eigenvalue weighted by molar-refractivity contribution is 5.98. The number of Topliss-reactive ketones (excluding diaryl/α,β-unsaturated/α-hetero) is 1. The second-order valence-electron chi connectivity index (χ2n) is 11.0. The van der Waals surface area contributed by atoms with Crippen LogP contribution in [-0.4, -0.2) is 24.0 Å². The van der Waals surface area contributed by atoms with Crippen LogP contribution in [0.4, 0.5) is 0 Å². The molecule has 1 aromatic carbocycles. The Balaban J connectivity index is 2.05. The second-order valence-corrected chi connectivity index (χ2v) is 11.0. The summed E-state index contributed by atoms with van der Waals surface area (Å²) in [6, 6.07) is 10.1. The van der Waals surface area contributed by atoms with Gasteiger partial charge in [0.2, 0.25) is 0 Å². The molecule has 0 amide bonds. The number of allylic oxidation sites excluding steroid dienone is 2. The van der Waals surface area contributed by atoms with E-state index < -0.39 is 5.60 Å². The van der Waals surface area contributed by atoms with Gasteiger partial charge < -0.3 is 15.2 Å². The van der Waals surface area contributed by atoms with E-state index >= 15 is 0 Å². The van der Waals surface area contributed by atoms with E-state index in [1.54, 1.807) is 0 Å². The summed E-state index contributed by atoms with van der Waals surface area (Å²) in [6.45, 7) is 11.1. The number of nitrogens with two attached hydrogens (primary N) is 1. The lowest BCUT2D eigenvalue weighted by molar-refractivity contribution is -0.155. The van der Waals surface area contributed by atoms with Crippen molar-refractivity contribution >= 4 is 11.8 Å². The molecule has 190 valence electrons. The molecule has 2 rings (SSSR count). The number of hydrogen-bond acceptors (Lipinski definition) is 5. The Kier molecular flexibility index (Phi) is 11.3. The molecule has 2 atom stereocenters. The van der Waals surface area contributed by atoms with Crippen molar-refractivity contribution in [2.45, 2.75) is 98.2 Å². The molecule has 0 aromatic heterocycles. The smallest absolute Gasteiger partial charge is 0.306 e. The van der Waals surface area contributed by atoms with Gasteiger partial charge in [-0.15, -0.1) is 0 Å². The average molecular weight is 472 g/mol. The van der Waals surface area contributed by atoms with E-state index in [0.717, 1.165) is 43.2 Å². The van der Waals surface area contributed by atoms with Crippen LogP contribution in [0.3, 0.4) is 0 Å². The Labute approximate surface area is 206 Å². The molecule has 0 heterocycles. The standard InChI is InChI=1S/C29H45NO4/c1-21(2)16-17-23-13-9-15-25(28(23)32)27(30)24(19-26(31)34-29(3,4)5)14-10-18-33-20-22-11-7-6-8-12-22/h6-8,11-12,21,23-24H,9-10,13-20,30H2,1-5H3/t23?,24-/m0/s1. The topological polar surface area (TPSA) is 78.6 Å². The van der Waals surface area contributed by atoms with Gasteiger partial charge in [-0.3, -0.25) is 9.59 Å². The molecule has 0 saturated heterocycles. The minimum Gasteiger partial charge on any atom is -0.460 e. The molecule has 0 radical (unpaired) electrons. The van der Waals surface area contributed by atoms with Gasteiger partial charge in [-0.25, -0.2) is 0 Å². The van der Waals surface area contributed by atoms with Gasteiger partial charge in [-0.1, -0.05) is 50.6 Å². The van der Waals surface area contributed by atoms with Gasteiger partial charge >= 0.3 is 5.97 Å². The molecule has 1 unspecified atom stereocenters. The number of ketones is 1. The maximum atomic E-state index is 13.3. The first-order valence-electron chi connectivity index (χ1n) is 12.9. The monoisotopic (exact) mass is 471 g/mol. The molecule has 5 heteroatoms.